The molecule has 8 heteroatoms. The number of hydrogen-bond acceptors (Lipinski definition) is 7. The van der Waals surface area contributed by atoms with Gasteiger partial charge in [0.05, 0.1) is 22.0 Å². The second-order valence-corrected chi connectivity index (χ2v) is 6.86. The van der Waals surface area contributed by atoms with Gasteiger partial charge in [-0.25, -0.2) is 18.5 Å². The second-order valence-electron chi connectivity index (χ2n) is 4.94. The third-order valence-corrected chi connectivity index (χ3v) is 5.05. The predicted molar refractivity (Wildman–Crippen MR) is 82.6 cm³/mol. The number of sulfone groups is 1. The lowest BCUT2D eigenvalue weighted by Crippen LogP contribution is -2.20. The summed E-state index contributed by atoms with van der Waals surface area (Å²) in [6.07, 6.45) is 1.18. The molecule has 1 aliphatic rings. The molecule has 2 aromatic carbocycles. The molecule has 0 aromatic heterocycles. The van der Waals surface area contributed by atoms with Crippen molar-refractivity contribution in [2.45, 2.75) is 16.3 Å². The minimum absolute atomic E-state index is 0.0139. The van der Waals surface area contributed by atoms with Crippen LogP contribution in [0.5, 0.6) is 0 Å². The first kappa shape index (κ1) is 14.4. The van der Waals surface area contributed by atoms with Crippen LogP contribution >= 0.6 is 0 Å². The van der Waals surface area contributed by atoms with Crippen LogP contribution < -0.4 is 11.5 Å². The Morgan fingerprint density at radius 2 is 1.82 bits per heavy atom. The molecule has 0 fully saturated rings. The normalized spacial score (nSPS) is 14.0. The van der Waals surface area contributed by atoms with E-state index in [-0.39, 0.29) is 27.7 Å². The molecule has 7 nitrogen and oxygen atoms in total. The lowest BCUT2D eigenvalue weighted by atomic mass is 10.1. The topological polar surface area (TPSA) is 122 Å². The molecule has 3 rings (SSSR count). The number of fused-ring (bicyclic) bond motifs is 1. The minimum atomic E-state index is -3.82. The molecule has 0 saturated heterocycles. The number of hydrogen-bond donors (Lipinski definition) is 3. The fourth-order valence-electron chi connectivity index (χ4n) is 2.33. The highest BCUT2D eigenvalue weighted by Crippen LogP contribution is 2.35. The molecule has 1 heterocycles. The van der Waals surface area contributed by atoms with E-state index >= 15 is 0 Å². The summed E-state index contributed by atoms with van der Waals surface area (Å²) in [4.78, 5) is 4.09. The van der Waals surface area contributed by atoms with Crippen molar-refractivity contribution in [3.05, 3.63) is 42.0 Å². The zero-order chi connectivity index (χ0) is 15.9. The Kier molecular flexibility index (Phi) is 3.27. The highest BCUT2D eigenvalue weighted by atomic mass is 32.2. The van der Waals surface area contributed by atoms with Crippen LogP contribution in [0, 0.1) is 0 Å². The number of benzene rings is 2. The molecule has 0 radical (unpaired) electrons. The van der Waals surface area contributed by atoms with Crippen LogP contribution in [0.2, 0.25) is 0 Å². The van der Waals surface area contributed by atoms with Gasteiger partial charge in [0, 0.05) is 16.9 Å². The highest BCUT2D eigenvalue weighted by molar-refractivity contribution is 7.91. The molecule has 0 bridgehead atoms. The zero-order valence-electron chi connectivity index (χ0n) is 11.5. The Labute approximate surface area is 127 Å². The van der Waals surface area contributed by atoms with Gasteiger partial charge in [-0.15, -0.1) is 0 Å². The van der Waals surface area contributed by atoms with E-state index < -0.39 is 9.84 Å². The van der Waals surface area contributed by atoms with Gasteiger partial charge in [0.15, 0.2) is 0 Å². The van der Waals surface area contributed by atoms with E-state index in [2.05, 4.69) is 4.99 Å². The fraction of sp³-hybridized carbons (Fsp3) is 0.0714. The standard InChI is InChI=1S/C14H14N4O3S/c15-10-4-11(16)6-12(5-10)22(20,21)13-3-1-2-9-7-18(19)8-17-14(9)13/h1-6,8,19H,7,15-16H2. The van der Waals surface area contributed by atoms with Crippen molar-refractivity contribution < 1.29 is 13.6 Å². The van der Waals surface area contributed by atoms with Crippen LogP contribution in [0.15, 0.2) is 51.2 Å². The molecular formula is C14H14N4O3S. The van der Waals surface area contributed by atoms with Gasteiger partial charge in [-0.2, -0.15) is 0 Å². The van der Waals surface area contributed by atoms with Crippen molar-refractivity contribution in [3.8, 4) is 0 Å². The van der Waals surface area contributed by atoms with Crippen molar-refractivity contribution >= 4 is 33.2 Å². The number of rotatable bonds is 2. The molecule has 5 N–H and O–H groups in total. The molecule has 1 aliphatic heterocycles. The van der Waals surface area contributed by atoms with E-state index in [1.165, 1.54) is 30.6 Å². The molecule has 0 unspecified atom stereocenters. The van der Waals surface area contributed by atoms with E-state index in [4.69, 9.17) is 11.5 Å². The number of aliphatic imine (C=N–C) groups is 1. The van der Waals surface area contributed by atoms with E-state index in [1.54, 1.807) is 12.1 Å². The highest BCUT2D eigenvalue weighted by Gasteiger charge is 2.25. The molecule has 0 saturated carbocycles. The van der Waals surface area contributed by atoms with Gasteiger partial charge in [-0.3, -0.25) is 5.21 Å². The van der Waals surface area contributed by atoms with Crippen LogP contribution in [0.4, 0.5) is 17.1 Å². The average Bonchev–Trinajstić information content (AvgIpc) is 2.45. The summed E-state index contributed by atoms with van der Waals surface area (Å²) in [7, 11) is -3.82. The van der Waals surface area contributed by atoms with E-state index in [0.717, 1.165) is 5.06 Å². The Morgan fingerprint density at radius 3 is 2.50 bits per heavy atom. The van der Waals surface area contributed by atoms with Gasteiger partial charge in [-0.1, -0.05) is 12.1 Å². The minimum Gasteiger partial charge on any atom is -0.399 e. The molecule has 0 spiro atoms. The first-order valence-electron chi connectivity index (χ1n) is 6.40. The maximum atomic E-state index is 12.8. The summed E-state index contributed by atoms with van der Waals surface area (Å²) in [5.74, 6) is 0. The number of nitrogens with two attached hydrogens (primary N) is 2. The van der Waals surface area contributed by atoms with Crippen LogP contribution in [0.1, 0.15) is 5.56 Å². The Morgan fingerprint density at radius 1 is 1.14 bits per heavy atom. The van der Waals surface area contributed by atoms with Gasteiger partial charge in [-0.05, 0) is 24.3 Å². The number of nitrogen functional groups attached to an aromatic ring is 2. The van der Waals surface area contributed by atoms with Crippen LogP contribution in [-0.2, 0) is 16.4 Å². The number of para-hydroxylation sites is 1. The van der Waals surface area contributed by atoms with Crippen molar-refractivity contribution in [2.24, 2.45) is 4.99 Å². The molecule has 114 valence electrons. The third-order valence-electron chi connectivity index (χ3n) is 3.29. The summed E-state index contributed by atoms with van der Waals surface area (Å²) in [6.45, 7) is 0.168. The molecular weight excluding hydrogens is 304 g/mol. The molecule has 0 amide bonds. The molecule has 0 aliphatic carbocycles. The third kappa shape index (κ3) is 2.38. The zero-order valence-corrected chi connectivity index (χ0v) is 12.3. The molecule has 2 aromatic rings. The summed E-state index contributed by atoms with van der Waals surface area (Å²) in [5, 5.41) is 10.3. The fourth-order valence-corrected chi connectivity index (χ4v) is 3.86. The Bertz CT molecular complexity index is 857. The van der Waals surface area contributed by atoms with Crippen molar-refractivity contribution in [2.75, 3.05) is 11.5 Å². The maximum absolute atomic E-state index is 12.8. The summed E-state index contributed by atoms with van der Waals surface area (Å²) in [5.41, 5.74) is 12.8. The molecule has 22 heavy (non-hydrogen) atoms. The lowest BCUT2D eigenvalue weighted by molar-refractivity contribution is -0.0179. The Hall–Kier alpha value is -2.58. The van der Waals surface area contributed by atoms with E-state index in [0.29, 0.717) is 11.3 Å². The monoisotopic (exact) mass is 318 g/mol. The van der Waals surface area contributed by atoms with Gasteiger partial charge in [0.2, 0.25) is 9.84 Å². The predicted octanol–water partition coefficient (Wildman–Crippen LogP) is 1.55. The smallest absolute Gasteiger partial charge is 0.208 e. The summed E-state index contributed by atoms with van der Waals surface area (Å²) in [6, 6.07) is 8.99. The number of nitrogens with zero attached hydrogens (tertiary/aromatic N) is 2. The quantitative estimate of drug-likeness (QED) is 0.722. The lowest BCUT2D eigenvalue weighted by Gasteiger charge is -2.20. The van der Waals surface area contributed by atoms with Crippen molar-refractivity contribution in [1.29, 1.82) is 0 Å². The SMILES string of the molecule is Nc1cc(N)cc(S(=O)(=O)c2cccc3c2N=CN(O)C3)c1. The number of hydroxylamine groups is 2. The average molecular weight is 318 g/mol. The van der Waals surface area contributed by atoms with Crippen molar-refractivity contribution in [1.82, 2.24) is 5.06 Å². The van der Waals surface area contributed by atoms with Gasteiger partial charge < -0.3 is 11.5 Å². The molecule has 0 atom stereocenters. The second kappa shape index (κ2) is 5.00. The Balaban J connectivity index is 2.20. The van der Waals surface area contributed by atoms with Gasteiger partial charge in [0.25, 0.3) is 0 Å². The summed E-state index contributed by atoms with van der Waals surface area (Å²) < 4.78 is 25.7. The van der Waals surface area contributed by atoms with E-state index in [9.17, 15) is 13.6 Å². The van der Waals surface area contributed by atoms with Crippen LogP contribution in [0.25, 0.3) is 0 Å². The largest absolute Gasteiger partial charge is 0.399 e. The maximum Gasteiger partial charge on any atom is 0.208 e. The van der Waals surface area contributed by atoms with E-state index in [1.807, 2.05) is 0 Å². The van der Waals surface area contributed by atoms with Gasteiger partial charge >= 0.3 is 0 Å². The first-order valence-corrected chi connectivity index (χ1v) is 7.89. The summed E-state index contributed by atoms with van der Waals surface area (Å²) >= 11 is 0. The van der Waals surface area contributed by atoms with Crippen LogP contribution in [-0.4, -0.2) is 25.0 Å². The first-order chi connectivity index (χ1) is 10.4. The van der Waals surface area contributed by atoms with Gasteiger partial charge in [0.1, 0.15) is 6.34 Å². The van der Waals surface area contributed by atoms with Crippen molar-refractivity contribution in [3.63, 3.8) is 0 Å². The number of anilines is 2. The van der Waals surface area contributed by atoms with Crippen LogP contribution in [0.3, 0.4) is 0 Å².